The number of thiophene rings is 1. The molecule has 2 heterocycles. The highest BCUT2D eigenvalue weighted by atomic mass is 35.5. The summed E-state index contributed by atoms with van der Waals surface area (Å²) >= 11 is 7.81. The van der Waals surface area contributed by atoms with Gasteiger partial charge in [0.05, 0.1) is 34.8 Å². The predicted octanol–water partition coefficient (Wildman–Crippen LogP) is 4.35. The lowest BCUT2D eigenvalue weighted by Crippen LogP contribution is -2.42. The number of nitrogens with zero attached hydrogens (tertiary/aromatic N) is 2. The van der Waals surface area contributed by atoms with E-state index in [1.165, 1.54) is 0 Å². The molecule has 138 valence electrons. The van der Waals surface area contributed by atoms with Crippen molar-refractivity contribution in [3.05, 3.63) is 52.4 Å². The van der Waals surface area contributed by atoms with Crippen molar-refractivity contribution in [3.8, 4) is 10.6 Å². The molecule has 0 bridgehead atoms. The van der Waals surface area contributed by atoms with Gasteiger partial charge in [0.15, 0.2) is 0 Å². The fourth-order valence-corrected chi connectivity index (χ4v) is 4.19. The van der Waals surface area contributed by atoms with Crippen molar-refractivity contribution in [2.75, 3.05) is 19.7 Å². The van der Waals surface area contributed by atoms with Crippen LogP contribution in [0.25, 0.3) is 21.5 Å². The van der Waals surface area contributed by atoms with Gasteiger partial charge in [-0.25, -0.2) is 4.98 Å². The largest absolute Gasteiger partial charge is 0.395 e. The minimum absolute atomic E-state index is 0.123. The van der Waals surface area contributed by atoms with Crippen LogP contribution in [0.2, 0.25) is 5.02 Å². The smallest absolute Gasteiger partial charge is 0.0974 e. The Morgan fingerprint density at radius 1 is 1.19 bits per heavy atom. The van der Waals surface area contributed by atoms with Gasteiger partial charge in [-0.2, -0.15) is 0 Å². The monoisotopic (exact) mass is 390 g/mol. The third kappa shape index (κ3) is 3.77. The zero-order chi connectivity index (χ0) is 18.7. The average molecular weight is 391 g/mol. The molecule has 0 spiro atoms. The molecule has 4 nitrogen and oxygen atoms in total. The van der Waals surface area contributed by atoms with Gasteiger partial charge in [0.1, 0.15) is 0 Å². The highest BCUT2D eigenvalue weighted by Gasteiger charge is 2.27. The summed E-state index contributed by atoms with van der Waals surface area (Å²) in [6.45, 7) is 5.43. The van der Waals surface area contributed by atoms with E-state index in [1.807, 2.05) is 49.6 Å². The Morgan fingerprint density at radius 2 is 1.96 bits per heavy atom. The first kappa shape index (κ1) is 19.3. The quantitative estimate of drug-likeness (QED) is 0.629. The zero-order valence-electron chi connectivity index (χ0n) is 14.9. The molecule has 26 heavy (non-hydrogen) atoms. The summed E-state index contributed by atoms with van der Waals surface area (Å²) < 4.78 is 0. The van der Waals surface area contributed by atoms with Crippen LogP contribution in [0.5, 0.6) is 0 Å². The molecule has 2 atom stereocenters. The van der Waals surface area contributed by atoms with Crippen molar-refractivity contribution in [1.82, 2.24) is 9.88 Å². The molecule has 0 saturated carbocycles. The Kier molecular flexibility index (Phi) is 6.27. The van der Waals surface area contributed by atoms with E-state index in [1.54, 1.807) is 17.4 Å². The molecule has 0 aliphatic carbocycles. The first-order valence-electron chi connectivity index (χ1n) is 8.76. The summed E-state index contributed by atoms with van der Waals surface area (Å²) in [6.07, 6.45) is -0.845. The van der Waals surface area contributed by atoms with Crippen LogP contribution in [-0.2, 0) is 0 Å². The molecule has 3 rings (SSSR count). The highest BCUT2D eigenvalue weighted by molar-refractivity contribution is 7.13. The Labute approximate surface area is 162 Å². The second kappa shape index (κ2) is 8.46. The summed E-state index contributed by atoms with van der Waals surface area (Å²) in [5.41, 5.74) is 2.34. The molecule has 2 N–H and O–H groups in total. The van der Waals surface area contributed by atoms with E-state index in [0.717, 1.165) is 40.1 Å². The van der Waals surface area contributed by atoms with E-state index in [2.05, 4.69) is 4.90 Å². The first-order chi connectivity index (χ1) is 12.6. The van der Waals surface area contributed by atoms with E-state index in [0.29, 0.717) is 5.02 Å². The molecule has 0 aliphatic rings. The van der Waals surface area contributed by atoms with Crippen LogP contribution in [0.15, 0.2) is 41.8 Å². The molecule has 0 amide bonds. The second-order valence-electron chi connectivity index (χ2n) is 6.15. The van der Waals surface area contributed by atoms with Gasteiger partial charge < -0.3 is 10.2 Å². The molecule has 0 radical (unpaired) electrons. The van der Waals surface area contributed by atoms with Gasteiger partial charge in [-0.15, -0.1) is 11.3 Å². The number of rotatable bonds is 7. The van der Waals surface area contributed by atoms with Gasteiger partial charge in [-0.05, 0) is 54.4 Å². The lowest BCUT2D eigenvalue weighted by Gasteiger charge is -2.32. The number of aliphatic hydroxyl groups excluding tert-OH is 2. The van der Waals surface area contributed by atoms with E-state index < -0.39 is 6.10 Å². The Morgan fingerprint density at radius 3 is 2.58 bits per heavy atom. The van der Waals surface area contributed by atoms with Crippen LogP contribution in [0.1, 0.15) is 25.5 Å². The minimum Gasteiger partial charge on any atom is -0.395 e. The third-order valence-electron chi connectivity index (χ3n) is 4.73. The van der Waals surface area contributed by atoms with Crippen molar-refractivity contribution < 1.29 is 10.2 Å². The number of fused-ring (bicyclic) bond motifs is 1. The SMILES string of the molecule is CCN(CC)C(CO)C(O)c1cc(-c2cccs2)nc2ccc(Cl)cc12. The molecule has 6 heteroatoms. The van der Waals surface area contributed by atoms with Crippen molar-refractivity contribution in [3.63, 3.8) is 0 Å². The Bertz CT molecular complexity index is 866. The summed E-state index contributed by atoms with van der Waals surface area (Å²) in [5, 5.41) is 24.5. The van der Waals surface area contributed by atoms with Crippen LogP contribution in [0, 0.1) is 0 Å². The lowest BCUT2D eigenvalue weighted by atomic mass is 9.96. The zero-order valence-corrected chi connectivity index (χ0v) is 16.5. The summed E-state index contributed by atoms with van der Waals surface area (Å²) in [5.74, 6) is 0. The molecule has 3 aromatic rings. The Balaban J connectivity index is 2.17. The van der Waals surface area contributed by atoms with Crippen molar-refractivity contribution in [2.24, 2.45) is 0 Å². The molecule has 2 aromatic heterocycles. The van der Waals surface area contributed by atoms with Gasteiger partial charge in [-0.1, -0.05) is 31.5 Å². The van der Waals surface area contributed by atoms with Gasteiger partial charge in [0.25, 0.3) is 0 Å². The van der Waals surface area contributed by atoms with Gasteiger partial charge in [0, 0.05) is 10.4 Å². The van der Waals surface area contributed by atoms with Crippen molar-refractivity contribution in [1.29, 1.82) is 0 Å². The van der Waals surface area contributed by atoms with Crippen molar-refractivity contribution in [2.45, 2.75) is 26.0 Å². The summed E-state index contributed by atoms with van der Waals surface area (Å²) in [6, 6.07) is 11.0. The van der Waals surface area contributed by atoms with E-state index in [-0.39, 0.29) is 12.6 Å². The van der Waals surface area contributed by atoms with Crippen LogP contribution < -0.4 is 0 Å². The van der Waals surface area contributed by atoms with Gasteiger partial charge in [-0.3, -0.25) is 4.90 Å². The minimum atomic E-state index is -0.845. The molecular formula is C20H23ClN2O2S. The Hall–Kier alpha value is -1.50. The topological polar surface area (TPSA) is 56.6 Å². The number of aliphatic hydroxyl groups is 2. The van der Waals surface area contributed by atoms with Gasteiger partial charge >= 0.3 is 0 Å². The number of likely N-dealkylation sites (N-methyl/N-ethyl adjacent to an activating group) is 1. The second-order valence-corrected chi connectivity index (χ2v) is 7.54. The lowest BCUT2D eigenvalue weighted by molar-refractivity contribution is 0.0202. The predicted molar refractivity (Wildman–Crippen MR) is 109 cm³/mol. The molecule has 1 aromatic carbocycles. The average Bonchev–Trinajstić information content (AvgIpc) is 3.19. The summed E-state index contributed by atoms with van der Waals surface area (Å²) in [4.78, 5) is 7.84. The van der Waals surface area contributed by atoms with E-state index in [4.69, 9.17) is 16.6 Å². The van der Waals surface area contributed by atoms with Gasteiger partial charge in [0.2, 0.25) is 0 Å². The molecule has 0 saturated heterocycles. The standard InChI is InChI=1S/C20H23ClN2O2S/c1-3-23(4-2)18(12-24)20(25)15-11-17(19-6-5-9-26-19)22-16-8-7-13(21)10-14(15)16/h5-11,18,20,24-25H,3-4,12H2,1-2H3. The van der Waals surface area contributed by atoms with Crippen LogP contribution in [0.4, 0.5) is 0 Å². The summed E-state index contributed by atoms with van der Waals surface area (Å²) in [7, 11) is 0. The first-order valence-corrected chi connectivity index (χ1v) is 10.0. The van der Waals surface area contributed by atoms with E-state index >= 15 is 0 Å². The van der Waals surface area contributed by atoms with Crippen LogP contribution in [0.3, 0.4) is 0 Å². The molecular weight excluding hydrogens is 368 g/mol. The number of benzene rings is 1. The fraction of sp³-hybridized carbons (Fsp3) is 0.350. The third-order valence-corrected chi connectivity index (χ3v) is 5.86. The molecule has 0 fully saturated rings. The van der Waals surface area contributed by atoms with E-state index in [9.17, 15) is 10.2 Å². The number of halogens is 1. The van der Waals surface area contributed by atoms with Crippen molar-refractivity contribution >= 4 is 33.8 Å². The highest BCUT2D eigenvalue weighted by Crippen LogP contribution is 2.34. The maximum absolute atomic E-state index is 11.2. The number of aromatic nitrogens is 1. The molecule has 2 unspecified atom stereocenters. The maximum Gasteiger partial charge on any atom is 0.0974 e. The number of hydrogen-bond acceptors (Lipinski definition) is 5. The van der Waals surface area contributed by atoms with Crippen LogP contribution >= 0.6 is 22.9 Å². The number of hydrogen-bond donors (Lipinski definition) is 2. The maximum atomic E-state index is 11.2. The fourth-order valence-electron chi connectivity index (χ4n) is 3.33. The number of pyridine rings is 1. The normalized spacial score (nSPS) is 14.1. The molecule has 0 aliphatic heterocycles. The van der Waals surface area contributed by atoms with Crippen LogP contribution in [-0.4, -0.2) is 45.8 Å².